The molecule has 0 aliphatic heterocycles. The second-order valence-corrected chi connectivity index (χ2v) is 7.05. The van der Waals surface area contributed by atoms with Crippen LogP contribution in [0.5, 0.6) is 5.75 Å². The molecule has 0 aliphatic carbocycles. The van der Waals surface area contributed by atoms with Crippen molar-refractivity contribution in [1.29, 1.82) is 0 Å². The van der Waals surface area contributed by atoms with E-state index in [9.17, 15) is 22.4 Å². The van der Waals surface area contributed by atoms with E-state index in [1.165, 1.54) is 6.07 Å². The van der Waals surface area contributed by atoms with E-state index in [2.05, 4.69) is 9.88 Å². The normalized spacial score (nSPS) is 11.7. The number of para-hydroxylation sites is 1. The van der Waals surface area contributed by atoms with Crippen molar-refractivity contribution in [3.05, 3.63) is 60.6 Å². The van der Waals surface area contributed by atoms with Crippen LogP contribution in [0.25, 0.3) is 17.1 Å². The van der Waals surface area contributed by atoms with E-state index in [1.54, 1.807) is 12.1 Å². The summed E-state index contributed by atoms with van der Waals surface area (Å²) in [6.07, 6.45) is -1.90. The molecule has 0 amide bonds. The summed E-state index contributed by atoms with van der Waals surface area (Å²) in [4.78, 5) is 11.8. The Labute approximate surface area is 206 Å². The molecule has 0 aliphatic rings. The zero-order chi connectivity index (χ0) is 23.3. The van der Waals surface area contributed by atoms with Gasteiger partial charge < -0.3 is 34.0 Å². The lowest BCUT2D eigenvalue weighted by atomic mass is 10.2. The fourth-order valence-electron chi connectivity index (χ4n) is 3.43. The highest BCUT2D eigenvalue weighted by Crippen LogP contribution is 2.28. The van der Waals surface area contributed by atoms with Gasteiger partial charge in [-0.05, 0) is 38.1 Å². The number of anilines is 1. The second-order valence-electron chi connectivity index (χ2n) is 7.05. The molecular weight excluding hydrogens is 553 g/mol. The standard InChI is InChI=1S/C23H23F4N3O2.HI/c1-3-29-18-11-10-17(32-21(31)15-23(26,27)22(24)25)14-19(18)30(4-2)20(29)12-13-28-16-8-6-5-7-9-16;/h5-14,22H,3-4,15H2,1-2H3;1H. The molecule has 0 unspecified atom stereocenters. The van der Waals surface area contributed by atoms with Gasteiger partial charge in [-0.1, -0.05) is 18.2 Å². The third kappa shape index (κ3) is 6.24. The third-order valence-electron chi connectivity index (χ3n) is 4.90. The number of aryl methyl sites for hydroxylation is 2. The van der Waals surface area contributed by atoms with Crippen molar-refractivity contribution >= 4 is 28.8 Å². The molecule has 0 fully saturated rings. The molecule has 0 radical (unpaired) electrons. The van der Waals surface area contributed by atoms with E-state index in [0.717, 1.165) is 22.5 Å². The number of benzene rings is 2. The lowest BCUT2D eigenvalue weighted by Gasteiger charge is -2.13. The monoisotopic (exact) mass is 577 g/mol. The molecule has 0 spiro atoms. The van der Waals surface area contributed by atoms with Crippen LogP contribution in [0.2, 0.25) is 0 Å². The van der Waals surface area contributed by atoms with Crippen molar-refractivity contribution in [2.75, 3.05) is 5.32 Å². The first-order chi connectivity index (χ1) is 15.3. The third-order valence-corrected chi connectivity index (χ3v) is 4.90. The number of hydrogen-bond donors (Lipinski definition) is 1. The summed E-state index contributed by atoms with van der Waals surface area (Å²) in [5.74, 6) is -4.96. The Kier molecular flexibility index (Phi) is 9.26. The van der Waals surface area contributed by atoms with E-state index in [0.29, 0.717) is 13.1 Å². The number of hydrogen-bond acceptors (Lipinski definition) is 3. The zero-order valence-electron chi connectivity index (χ0n) is 18.1. The van der Waals surface area contributed by atoms with Gasteiger partial charge in [0.2, 0.25) is 0 Å². The predicted molar refractivity (Wildman–Crippen MR) is 114 cm³/mol. The molecule has 1 N–H and O–H groups in total. The summed E-state index contributed by atoms with van der Waals surface area (Å²) in [6.45, 7) is 5.19. The molecule has 1 aromatic heterocycles. The number of aromatic nitrogens is 2. The molecule has 5 nitrogen and oxygen atoms in total. The van der Waals surface area contributed by atoms with Crippen LogP contribution >= 0.6 is 0 Å². The Bertz CT molecular complexity index is 1120. The zero-order valence-corrected chi connectivity index (χ0v) is 20.2. The number of carbonyl (C=O) groups excluding carboxylic acids is 1. The number of nitrogens with one attached hydrogen (secondary N) is 1. The van der Waals surface area contributed by atoms with Gasteiger partial charge >= 0.3 is 18.3 Å². The van der Waals surface area contributed by atoms with Crippen molar-refractivity contribution in [1.82, 2.24) is 4.57 Å². The number of halogens is 5. The van der Waals surface area contributed by atoms with Crippen molar-refractivity contribution in [3.63, 3.8) is 0 Å². The Morgan fingerprint density at radius 2 is 1.88 bits per heavy atom. The molecule has 0 atom stereocenters. The van der Waals surface area contributed by atoms with E-state index in [1.807, 2.05) is 61.0 Å². The van der Waals surface area contributed by atoms with Crippen LogP contribution in [0.15, 0.2) is 54.7 Å². The lowest BCUT2D eigenvalue weighted by molar-refractivity contribution is -0.670. The Morgan fingerprint density at radius 3 is 2.48 bits per heavy atom. The summed E-state index contributed by atoms with van der Waals surface area (Å²) in [5.41, 5.74) is 2.51. The summed E-state index contributed by atoms with van der Waals surface area (Å²) in [5, 5.41) is 3.20. The van der Waals surface area contributed by atoms with Gasteiger partial charge in [-0.25, -0.2) is 17.9 Å². The van der Waals surface area contributed by atoms with Gasteiger partial charge in [0.05, 0.1) is 13.1 Å². The maximum Gasteiger partial charge on any atom is 0.317 e. The quantitative estimate of drug-likeness (QED) is 0.140. The highest BCUT2D eigenvalue weighted by Gasteiger charge is 2.43. The predicted octanol–water partition coefficient (Wildman–Crippen LogP) is 2.25. The molecule has 0 saturated carbocycles. The average Bonchev–Trinajstić information content (AvgIpc) is 3.05. The number of alkyl halides is 4. The van der Waals surface area contributed by atoms with Crippen molar-refractivity contribution < 1.29 is 55.6 Å². The molecule has 10 heteroatoms. The van der Waals surface area contributed by atoms with Crippen LogP contribution in [-0.2, 0) is 17.9 Å². The first kappa shape index (κ1) is 26.6. The van der Waals surface area contributed by atoms with Gasteiger partial charge in [0.15, 0.2) is 11.0 Å². The van der Waals surface area contributed by atoms with E-state index in [4.69, 9.17) is 4.74 Å². The van der Waals surface area contributed by atoms with Crippen LogP contribution in [0, 0.1) is 0 Å². The number of rotatable bonds is 9. The van der Waals surface area contributed by atoms with Gasteiger partial charge in [-0.2, -0.15) is 8.78 Å². The van der Waals surface area contributed by atoms with E-state index < -0.39 is 24.7 Å². The van der Waals surface area contributed by atoms with Crippen molar-refractivity contribution in [2.45, 2.75) is 45.7 Å². The average molecular weight is 577 g/mol. The smallest absolute Gasteiger partial charge is 0.317 e. The van der Waals surface area contributed by atoms with E-state index >= 15 is 0 Å². The van der Waals surface area contributed by atoms with Gasteiger partial charge in [0.25, 0.3) is 5.82 Å². The lowest BCUT2D eigenvalue weighted by Crippen LogP contribution is -3.00. The van der Waals surface area contributed by atoms with Crippen LogP contribution < -0.4 is 38.6 Å². The van der Waals surface area contributed by atoms with Crippen LogP contribution in [0.4, 0.5) is 23.2 Å². The van der Waals surface area contributed by atoms with Gasteiger partial charge in [0, 0.05) is 24.0 Å². The summed E-state index contributed by atoms with van der Waals surface area (Å²) >= 11 is 0. The van der Waals surface area contributed by atoms with Gasteiger partial charge in [-0.15, -0.1) is 0 Å². The highest BCUT2D eigenvalue weighted by molar-refractivity contribution is 5.79. The van der Waals surface area contributed by atoms with Crippen molar-refractivity contribution in [3.8, 4) is 5.75 Å². The molecule has 0 bridgehead atoms. The minimum absolute atomic E-state index is 0. The largest absolute Gasteiger partial charge is 1.00 e. The van der Waals surface area contributed by atoms with Crippen LogP contribution in [0.3, 0.4) is 0 Å². The molecule has 3 aromatic rings. The topological polar surface area (TPSA) is 47.1 Å². The number of esters is 1. The first-order valence-electron chi connectivity index (χ1n) is 10.2. The van der Waals surface area contributed by atoms with Gasteiger partial charge in [0.1, 0.15) is 12.2 Å². The Morgan fingerprint density at radius 1 is 1.18 bits per heavy atom. The SMILES string of the molecule is CCn1c(/C=C/Nc2ccccc2)[n+](CC)c2ccc(OC(=O)CC(F)(F)C(F)F)cc21.[I-]. The Hall–Kier alpha value is -2.63. The number of carbonyl (C=O) groups is 1. The molecule has 178 valence electrons. The fraction of sp³-hybridized carbons (Fsp3) is 0.304. The van der Waals surface area contributed by atoms with Gasteiger partial charge in [-0.3, -0.25) is 4.79 Å². The summed E-state index contributed by atoms with van der Waals surface area (Å²) < 4.78 is 59.9. The first-order valence-corrected chi connectivity index (χ1v) is 10.2. The molecule has 0 saturated heterocycles. The summed E-state index contributed by atoms with van der Waals surface area (Å²) in [7, 11) is 0. The maximum atomic E-state index is 13.1. The second kappa shape index (κ2) is 11.5. The fourth-order valence-corrected chi connectivity index (χ4v) is 3.43. The minimum atomic E-state index is -4.43. The number of imidazole rings is 1. The Balaban J connectivity index is 0.00000385. The maximum absolute atomic E-state index is 13.1. The highest BCUT2D eigenvalue weighted by atomic mass is 127. The molecule has 33 heavy (non-hydrogen) atoms. The molecular formula is C23H24F4IN3O2. The molecule has 3 rings (SSSR count). The number of nitrogens with zero attached hydrogens (tertiary/aromatic N) is 2. The number of fused-ring (bicyclic) bond motifs is 1. The van der Waals surface area contributed by atoms with Crippen LogP contribution in [-0.4, -0.2) is 22.9 Å². The molecule has 2 aromatic carbocycles. The van der Waals surface area contributed by atoms with Crippen LogP contribution in [0.1, 0.15) is 26.1 Å². The van der Waals surface area contributed by atoms with Crippen molar-refractivity contribution in [2.24, 2.45) is 0 Å². The number of ether oxygens (including phenoxy) is 1. The summed E-state index contributed by atoms with van der Waals surface area (Å²) in [6, 6.07) is 14.4. The minimum Gasteiger partial charge on any atom is -1.00 e. The molecule has 1 heterocycles. The van der Waals surface area contributed by atoms with E-state index in [-0.39, 0.29) is 29.7 Å².